The van der Waals surface area contributed by atoms with Gasteiger partial charge in [0.1, 0.15) is 0 Å². The molecule has 0 N–H and O–H groups in total. The molecule has 23 heavy (non-hydrogen) atoms. The first-order valence-corrected chi connectivity index (χ1v) is 7.39. The standard InChI is InChI=1S/C16H15NO6/c18-13(23-12-7-9-22-16(12)21)6-3-8-17-14(19)10-4-1-2-5-11(10)15(17)20/h1-2,4-5,12H,3,6-9H2/t12-/m1/s1. The summed E-state index contributed by atoms with van der Waals surface area (Å²) in [6.45, 7) is 0.391. The number of carbonyl (C=O) groups excluding carboxylic acids is 4. The number of rotatable bonds is 5. The number of imide groups is 1. The van der Waals surface area contributed by atoms with Crippen LogP contribution in [-0.4, -0.2) is 47.9 Å². The summed E-state index contributed by atoms with van der Waals surface area (Å²) in [6.07, 6.45) is -0.159. The maximum absolute atomic E-state index is 12.1. The molecular formula is C16H15NO6. The molecule has 0 aliphatic carbocycles. The van der Waals surface area contributed by atoms with E-state index in [1.807, 2.05) is 0 Å². The van der Waals surface area contributed by atoms with Gasteiger partial charge in [0.25, 0.3) is 11.8 Å². The van der Waals surface area contributed by atoms with Gasteiger partial charge in [-0.25, -0.2) is 4.79 Å². The van der Waals surface area contributed by atoms with Crippen molar-refractivity contribution in [1.29, 1.82) is 0 Å². The molecule has 0 unspecified atom stereocenters. The van der Waals surface area contributed by atoms with Crippen LogP contribution in [0.1, 0.15) is 40.0 Å². The molecule has 0 bridgehead atoms. The number of hydrogen-bond donors (Lipinski definition) is 0. The fourth-order valence-corrected chi connectivity index (χ4v) is 2.63. The van der Waals surface area contributed by atoms with Gasteiger partial charge in [0.05, 0.1) is 17.7 Å². The third-order valence-electron chi connectivity index (χ3n) is 3.80. The fourth-order valence-electron chi connectivity index (χ4n) is 2.63. The molecule has 2 aliphatic heterocycles. The zero-order valence-electron chi connectivity index (χ0n) is 12.3. The molecule has 1 atom stereocenters. The summed E-state index contributed by atoms with van der Waals surface area (Å²) >= 11 is 0. The average molecular weight is 317 g/mol. The van der Waals surface area contributed by atoms with Crippen LogP contribution in [0.25, 0.3) is 0 Å². The van der Waals surface area contributed by atoms with Gasteiger partial charge >= 0.3 is 11.9 Å². The summed E-state index contributed by atoms with van der Waals surface area (Å²) in [5.41, 5.74) is 0.766. The second-order valence-electron chi connectivity index (χ2n) is 5.35. The maximum atomic E-state index is 12.1. The second kappa shape index (κ2) is 6.20. The Balaban J connectivity index is 1.50. The van der Waals surface area contributed by atoms with Crippen molar-refractivity contribution in [2.75, 3.05) is 13.2 Å². The van der Waals surface area contributed by atoms with E-state index in [0.29, 0.717) is 17.5 Å². The third-order valence-corrected chi connectivity index (χ3v) is 3.80. The van der Waals surface area contributed by atoms with E-state index in [-0.39, 0.29) is 37.8 Å². The molecule has 1 aromatic carbocycles. The Morgan fingerprint density at radius 2 is 1.83 bits per heavy atom. The summed E-state index contributed by atoms with van der Waals surface area (Å²) in [5.74, 6) is -1.76. The minimum Gasteiger partial charge on any atom is -0.463 e. The first kappa shape index (κ1) is 15.2. The molecule has 120 valence electrons. The van der Waals surface area contributed by atoms with E-state index in [9.17, 15) is 19.2 Å². The van der Waals surface area contributed by atoms with E-state index >= 15 is 0 Å². The molecule has 1 fully saturated rings. The molecular weight excluding hydrogens is 302 g/mol. The number of esters is 2. The highest BCUT2D eigenvalue weighted by molar-refractivity contribution is 6.21. The Kier molecular flexibility index (Phi) is 4.10. The Morgan fingerprint density at radius 1 is 1.17 bits per heavy atom. The number of benzene rings is 1. The van der Waals surface area contributed by atoms with Gasteiger partial charge in [-0.1, -0.05) is 12.1 Å². The van der Waals surface area contributed by atoms with Crippen LogP contribution < -0.4 is 0 Å². The molecule has 2 aliphatic rings. The van der Waals surface area contributed by atoms with Crippen LogP contribution in [0.15, 0.2) is 24.3 Å². The van der Waals surface area contributed by atoms with Crippen molar-refractivity contribution < 1.29 is 28.7 Å². The Hall–Kier alpha value is -2.70. The smallest absolute Gasteiger partial charge is 0.347 e. The lowest BCUT2D eigenvalue weighted by Gasteiger charge is -2.13. The van der Waals surface area contributed by atoms with Crippen LogP contribution in [0.4, 0.5) is 0 Å². The minimum atomic E-state index is -0.832. The van der Waals surface area contributed by atoms with E-state index in [0.717, 1.165) is 4.90 Å². The first-order valence-electron chi connectivity index (χ1n) is 7.39. The van der Waals surface area contributed by atoms with Crippen LogP contribution in [-0.2, 0) is 19.1 Å². The van der Waals surface area contributed by atoms with Gasteiger partial charge < -0.3 is 9.47 Å². The number of amides is 2. The largest absolute Gasteiger partial charge is 0.463 e. The number of carbonyl (C=O) groups is 4. The van der Waals surface area contributed by atoms with Crippen molar-refractivity contribution in [2.45, 2.75) is 25.4 Å². The predicted molar refractivity (Wildman–Crippen MR) is 76.5 cm³/mol. The maximum Gasteiger partial charge on any atom is 0.347 e. The lowest BCUT2D eigenvalue weighted by Crippen LogP contribution is -2.31. The van der Waals surface area contributed by atoms with Gasteiger partial charge in [0.2, 0.25) is 6.10 Å². The van der Waals surface area contributed by atoms with Gasteiger partial charge in [-0.3, -0.25) is 19.3 Å². The van der Waals surface area contributed by atoms with Gasteiger partial charge in [0.15, 0.2) is 0 Å². The summed E-state index contributed by atoms with van der Waals surface area (Å²) < 4.78 is 9.70. The number of ether oxygens (including phenoxy) is 2. The van der Waals surface area contributed by atoms with E-state index < -0.39 is 18.0 Å². The molecule has 0 aromatic heterocycles. The summed E-state index contributed by atoms with van der Waals surface area (Å²) in [5, 5.41) is 0. The monoisotopic (exact) mass is 317 g/mol. The number of cyclic esters (lactones) is 1. The molecule has 0 saturated carbocycles. The zero-order valence-corrected chi connectivity index (χ0v) is 12.3. The number of hydrogen-bond acceptors (Lipinski definition) is 6. The Bertz CT molecular complexity index is 648. The lowest BCUT2D eigenvalue weighted by molar-refractivity contribution is -0.160. The molecule has 1 aromatic rings. The van der Waals surface area contributed by atoms with Gasteiger partial charge in [-0.05, 0) is 18.6 Å². The summed E-state index contributed by atoms with van der Waals surface area (Å²) in [7, 11) is 0. The van der Waals surface area contributed by atoms with Crippen molar-refractivity contribution in [2.24, 2.45) is 0 Å². The SMILES string of the molecule is O=C(CCCN1C(=O)c2ccccc2C1=O)O[C@@H]1CCOC1=O. The summed E-state index contributed by atoms with van der Waals surface area (Å²) in [4.78, 5) is 48.3. The first-order chi connectivity index (χ1) is 11.1. The Morgan fingerprint density at radius 3 is 2.39 bits per heavy atom. The van der Waals surface area contributed by atoms with E-state index in [2.05, 4.69) is 0 Å². The number of fused-ring (bicyclic) bond motifs is 1. The van der Waals surface area contributed by atoms with Crippen molar-refractivity contribution in [1.82, 2.24) is 4.90 Å². The van der Waals surface area contributed by atoms with E-state index in [4.69, 9.17) is 9.47 Å². The van der Waals surface area contributed by atoms with Crippen LogP contribution in [0, 0.1) is 0 Å². The molecule has 7 nitrogen and oxygen atoms in total. The van der Waals surface area contributed by atoms with Crippen LogP contribution >= 0.6 is 0 Å². The van der Waals surface area contributed by atoms with Crippen molar-refractivity contribution in [3.8, 4) is 0 Å². The second-order valence-corrected chi connectivity index (χ2v) is 5.35. The highest BCUT2D eigenvalue weighted by Crippen LogP contribution is 2.22. The third kappa shape index (κ3) is 2.94. The van der Waals surface area contributed by atoms with Crippen molar-refractivity contribution in [3.63, 3.8) is 0 Å². The lowest BCUT2D eigenvalue weighted by atomic mass is 10.1. The number of nitrogens with zero attached hydrogens (tertiary/aromatic N) is 1. The average Bonchev–Trinajstić information content (AvgIpc) is 3.04. The van der Waals surface area contributed by atoms with E-state index in [1.54, 1.807) is 24.3 Å². The molecule has 3 rings (SSSR count). The summed E-state index contributed by atoms with van der Waals surface area (Å²) in [6, 6.07) is 6.61. The predicted octanol–water partition coefficient (Wildman–Crippen LogP) is 0.921. The topological polar surface area (TPSA) is 90.0 Å². The van der Waals surface area contributed by atoms with Crippen molar-refractivity contribution >= 4 is 23.8 Å². The highest BCUT2D eigenvalue weighted by Gasteiger charge is 2.35. The van der Waals surface area contributed by atoms with Crippen molar-refractivity contribution in [3.05, 3.63) is 35.4 Å². The highest BCUT2D eigenvalue weighted by atomic mass is 16.6. The Labute approximate surface area is 132 Å². The quantitative estimate of drug-likeness (QED) is 0.592. The van der Waals surface area contributed by atoms with Crippen LogP contribution in [0.2, 0.25) is 0 Å². The zero-order chi connectivity index (χ0) is 16.4. The van der Waals surface area contributed by atoms with Gasteiger partial charge in [0, 0.05) is 19.4 Å². The van der Waals surface area contributed by atoms with Crippen LogP contribution in [0.3, 0.4) is 0 Å². The molecule has 2 heterocycles. The van der Waals surface area contributed by atoms with E-state index in [1.165, 1.54) is 0 Å². The van der Waals surface area contributed by atoms with Crippen LogP contribution in [0.5, 0.6) is 0 Å². The molecule has 1 saturated heterocycles. The normalized spacial score (nSPS) is 19.7. The molecule has 0 spiro atoms. The molecule has 0 radical (unpaired) electrons. The molecule has 7 heteroatoms. The molecule has 2 amide bonds. The van der Waals surface area contributed by atoms with Gasteiger partial charge in [-0.2, -0.15) is 0 Å². The fraction of sp³-hybridized carbons (Fsp3) is 0.375. The van der Waals surface area contributed by atoms with Gasteiger partial charge in [-0.15, -0.1) is 0 Å². The minimum absolute atomic E-state index is 0.0250.